The Morgan fingerprint density at radius 3 is 2.12 bits per heavy atom. The van der Waals surface area contributed by atoms with Gasteiger partial charge in [-0.2, -0.15) is 0 Å². The number of hydrogen-bond donors (Lipinski definition) is 2. The fourth-order valence-electron chi connectivity index (χ4n) is 1.78. The predicted molar refractivity (Wildman–Crippen MR) is 91.6 cm³/mol. The molecular formula is C17H32N2O5. The number of nitrogens with one attached hydrogen (secondary N) is 2. The van der Waals surface area contributed by atoms with Crippen molar-refractivity contribution in [3.05, 3.63) is 0 Å². The van der Waals surface area contributed by atoms with Crippen LogP contribution in [-0.2, 0) is 19.1 Å². The maximum absolute atomic E-state index is 11.7. The third kappa shape index (κ3) is 13.8. The summed E-state index contributed by atoms with van der Waals surface area (Å²) in [6, 6.07) is 0. The predicted octanol–water partition coefficient (Wildman–Crippen LogP) is 2.53. The highest BCUT2D eigenvalue weighted by molar-refractivity contribution is 5.72. The lowest BCUT2D eigenvalue weighted by Crippen LogP contribution is -2.49. The summed E-state index contributed by atoms with van der Waals surface area (Å²) >= 11 is 0. The van der Waals surface area contributed by atoms with Crippen molar-refractivity contribution >= 4 is 18.0 Å². The van der Waals surface area contributed by atoms with Gasteiger partial charge in [0.1, 0.15) is 12.2 Å². The molecular weight excluding hydrogens is 312 g/mol. The quantitative estimate of drug-likeness (QED) is 0.495. The number of carbonyl (C=O) groups excluding carboxylic acids is 3. The van der Waals surface area contributed by atoms with Crippen molar-refractivity contribution in [2.24, 2.45) is 0 Å². The first-order valence-electron chi connectivity index (χ1n) is 8.32. The van der Waals surface area contributed by atoms with Crippen LogP contribution in [0.25, 0.3) is 0 Å². The van der Waals surface area contributed by atoms with Gasteiger partial charge in [0.25, 0.3) is 0 Å². The summed E-state index contributed by atoms with van der Waals surface area (Å²) < 4.78 is 10.4. The van der Waals surface area contributed by atoms with E-state index in [0.29, 0.717) is 19.4 Å². The van der Waals surface area contributed by atoms with Gasteiger partial charge in [-0.05, 0) is 47.5 Å². The molecule has 24 heavy (non-hydrogen) atoms. The highest BCUT2D eigenvalue weighted by Crippen LogP contribution is 2.10. The second-order valence-corrected chi connectivity index (χ2v) is 7.47. The summed E-state index contributed by atoms with van der Waals surface area (Å²) in [4.78, 5) is 34.1. The standard InChI is InChI=1S/C17H32N2O5/c1-13(20)18-11-9-7-8-10-14(21)23-12-17(5,6)19-15(22)24-16(2,3)4/h7-12H2,1-6H3,(H,18,20)(H,19,22). The van der Waals surface area contributed by atoms with E-state index in [2.05, 4.69) is 10.6 Å². The average Bonchev–Trinajstić information content (AvgIpc) is 2.37. The number of amides is 2. The van der Waals surface area contributed by atoms with Crippen molar-refractivity contribution in [1.82, 2.24) is 10.6 Å². The maximum Gasteiger partial charge on any atom is 0.408 e. The third-order valence-electron chi connectivity index (χ3n) is 2.86. The van der Waals surface area contributed by atoms with Crippen LogP contribution in [0.2, 0.25) is 0 Å². The lowest BCUT2D eigenvalue weighted by Gasteiger charge is -2.28. The molecule has 0 bridgehead atoms. The van der Waals surface area contributed by atoms with E-state index in [0.717, 1.165) is 12.8 Å². The monoisotopic (exact) mass is 344 g/mol. The molecule has 0 aliphatic carbocycles. The van der Waals surface area contributed by atoms with E-state index in [-0.39, 0.29) is 18.5 Å². The maximum atomic E-state index is 11.7. The van der Waals surface area contributed by atoms with Crippen molar-refractivity contribution in [2.75, 3.05) is 13.2 Å². The Morgan fingerprint density at radius 1 is 0.958 bits per heavy atom. The van der Waals surface area contributed by atoms with E-state index in [9.17, 15) is 14.4 Å². The van der Waals surface area contributed by atoms with E-state index in [1.165, 1.54) is 6.92 Å². The molecule has 0 unspecified atom stereocenters. The van der Waals surface area contributed by atoms with Crippen LogP contribution in [0.4, 0.5) is 4.79 Å². The first-order chi connectivity index (χ1) is 10.9. The SMILES string of the molecule is CC(=O)NCCCCCC(=O)OCC(C)(C)NC(=O)OC(C)(C)C. The highest BCUT2D eigenvalue weighted by Gasteiger charge is 2.25. The summed E-state index contributed by atoms with van der Waals surface area (Å²) in [7, 11) is 0. The first kappa shape index (κ1) is 22.2. The zero-order valence-electron chi connectivity index (χ0n) is 15.8. The Balaban J connectivity index is 3.90. The van der Waals surface area contributed by atoms with Gasteiger partial charge in [0.05, 0.1) is 5.54 Å². The fourth-order valence-corrected chi connectivity index (χ4v) is 1.78. The second kappa shape index (κ2) is 10.2. The number of carbonyl (C=O) groups is 3. The van der Waals surface area contributed by atoms with Gasteiger partial charge in [0.2, 0.25) is 5.91 Å². The number of esters is 1. The molecule has 140 valence electrons. The van der Waals surface area contributed by atoms with Crippen LogP contribution in [0.15, 0.2) is 0 Å². The first-order valence-corrected chi connectivity index (χ1v) is 8.32. The average molecular weight is 344 g/mol. The minimum atomic E-state index is -0.705. The minimum absolute atomic E-state index is 0.0471. The Kier molecular flexibility index (Phi) is 9.40. The van der Waals surface area contributed by atoms with Crippen molar-refractivity contribution in [1.29, 1.82) is 0 Å². The van der Waals surface area contributed by atoms with Gasteiger partial charge >= 0.3 is 12.1 Å². The van der Waals surface area contributed by atoms with Gasteiger partial charge in [0, 0.05) is 19.9 Å². The Bertz CT molecular complexity index is 427. The number of unbranched alkanes of at least 4 members (excludes halogenated alkanes) is 2. The summed E-state index contributed by atoms with van der Waals surface area (Å²) in [6.07, 6.45) is 2.16. The molecule has 7 nitrogen and oxygen atoms in total. The summed E-state index contributed by atoms with van der Waals surface area (Å²) in [5, 5.41) is 5.39. The topological polar surface area (TPSA) is 93.7 Å². The number of hydrogen-bond acceptors (Lipinski definition) is 5. The van der Waals surface area contributed by atoms with Crippen LogP contribution in [0.3, 0.4) is 0 Å². The fraction of sp³-hybridized carbons (Fsp3) is 0.824. The van der Waals surface area contributed by atoms with Crippen molar-refractivity contribution < 1.29 is 23.9 Å². The Labute approximate surface area is 144 Å². The van der Waals surface area contributed by atoms with Crippen LogP contribution >= 0.6 is 0 Å². The molecule has 0 rings (SSSR count). The molecule has 0 saturated carbocycles. The third-order valence-corrected chi connectivity index (χ3v) is 2.86. The van der Waals surface area contributed by atoms with Crippen LogP contribution in [0.1, 0.15) is 67.2 Å². The van der Waals surface area contributed by atoms with E-state index in [1.54, 1.807) is 34.6 Å². The van der Waals surface area contributed by atoms with Gasteiger partial charge < -0.3 is 20.1 Å². The van der Waals surface area contributed by atoms with Gasteiger partial charge in [-0.1, -0.05) is 6.42 Å². The van der Waals surface area contributed by atoms with E-state index in [1.807, 2.05) is 0 Å². The molecule has 0 heterocycles. The van der Waals surface area contributed by atoms with Crippen LogP contribution < -0.4 is 10.6 Å². The highest BCUT2D eigenvalue weighted by atomic mass is 16.6. The van der Waals surface area contributed by atoms with Gasteiger partial charge in [-0.25, -0.2) is 4.79 Å². The lowest BCUT2D eigenvalue weighted by molar-refractivity contribution is -0.145. The van der Waals surface area contributed by atoms with Gasteiger partial charge in [0.15, 0.2) is 0 Å². The van der Waals surface area contributed by atoms with Crippen LogP contribution in [0, 0.1) is 0 Å². The smallest absolute Gasteiger partial charge is 0.408 e. The Morgan fingerprint density at radius 2 is 1.58 bits per heavy atom. The van der Waals surface area contributed by atoms with Crippen LogP contribution in [0.5, 0.6) is 0 Å². The largest absolute Gasteiger partial charge is 0.463 e. The van der Waals surface area contributed by atoms with E-state index < -0.39 is 17.2 Å². The molecule has 7 heteroatoms. The molecule has 0 aliphatic heterocycles. The molecule has 0 saturated heterocycles. The zero-order valence-corrected chi connectivity index (χ0v) is 15.8. The molecule has 0 aliphatic rings. The van der Waals surface area contributed by atoms with E-state index in [4.69, 9.17) is 9.47 Å². The lowest BCUT2D eigenvalue weighted by atomic mass is 10.1. The molecule has 0 aromatic heterocycles. The molecule has 0 spiro atoms. The molecule has 0 aromatic carbocycles. The van der Waals surface area contributed by atoms with Crippen LogP contribution in [-0.4, -0.2) is 42.3 Å². The number of rotatable bonds is 9. The molecule has 0 aromatic rings. The van der Waals surface area contributed by atoms with E-state index >= 15 is 0 Å². The molecule has 2 N–H and O–H groups in total. The summed E-state index contributed by atoms with van der Waals surface area (Å²) in [5.41, 5.74) is -1.28. The summed E-state index contributed by atoms with van der Waals surface area (Å²) in [6.45, 7) is 11.1. The zero-order chi connectivity index (χ0) is 18.8. The van der Waals surface area contributed by atoms with Crippen molar-refractivity contribution in [3.8, 4) is 0 Å². The van der Waals surface area contributed by atoms with Gasteiger partial charge in [-0.15, -0.1) is 0 Å². The molecule has 0 atom stereocenters. The van der Waals surface area contributed by atoms with Crippen molar-refractivity contribution in [3.63, 3.8) is 0 Å². The van der Waals surface area contributed by atoms with Crippen molar-refractivity contribution in [2.45, 2.75) is 78.4 Å². The Hall–Kier alpha value is -1.79. The van der Waals surface area contributed by atoms with Gasteiger partial charge in [-0.3, -0.25) is 9.59 Å². The number of alkyl carbamates (subject to hydrolysis) is 1. The molecule has 2 amide bonds. The molecule has 0 fully saturated rings. The minimum Gasteiger partial charge on any atom is -0.463 e. The number of ether oxygens (including phenoxy) is 2. The second-order valence-electron chi connectivity index (χ2n) is 7.47. The molecule has 0 radical (unpaired) electrons. The normalized spacial score (nSPS) is 11.6. The summed E-state index contributed by atoms with van der Waals surface area (Å²) in [5.74, 6) is -0.345.